The van der Waals surface area contributed by atoms with Crippen molar-refractivity contribution in [1.82, 2.24) is 14.8 Å². The highest BCUT2D eigenvalue weighted by Crippen LogP contribution is 2.25. The summed E-state index contributed by atoms with van der Waals surface area (Å²) in [5, 5.41) is 5.71. The Kier molecular flexibility index (Phi) is 5.03. The number of morpholine rings is 1. The maximum Gasteiger partial charge on any atom is 0.255 e. The molecule has 1 atom stereocenters. The van der Waals surface area contributed by atoms with E-state index in [1.165, 1.54) is 0 Å². The first kappa shape index (κ1) is 17.2. The van der Waals surface area contributed by atoms with Crippen LogP contribution < -0.4 is 10.6 Å². The molecule has 0 radical (unpaired) electrons. The maximum absolute atomic E-state index is 12.9. The molecule has 2 fully saturated rings. The van der Waals surface area contributed by atoms with Crippen LogP contribution in [0.1, 0.15) is 23.2 Å². The zero-order valence-corrected chi connectivity index (χ0v) is 14.9. The summed E-state index contributed by atoms with van der Waals surface area (Å²) in [4.78, 5) is 33.1. The van der Waals surface area contributed by atoms with E-state index in [0.29, 0.717) is 23.0 Å². The van der Waals surface area contributed by atoms with Crippen LogP contribution in [0.5, 0.6) is 0 Å². The van der Waals surface area contributed by atoms with E-state index >= 15 is 0 Å². The summed E-state index contributed by atoms with van der Waals surface area (Å²) in [6.07, 6.45) is 3.78. The number of ether oxygens (including phenoxy) is 1. The van der Waals surface area contributed by atoms with E-state index in [1.54, 1.807) is 12.3 Å². The number of amides is 2. The predicted octanol–water partition coefficient (Wildman–Crippen LogP) is 0.630. The molecule has 4 heterocycles. The predicted molar refractivity (Wildman–Crippen MR) is 97.2 cm³/mol. The van der Waals surface area contributed by atoms with Crippen LogP contribution in [-0.2, 0) is 9.53 Å². The Morgan fingerprint density at radius 1 is 1.31 bits per heavy atom. The average Bonchev–Trinajstić information content (AvgIpc) is 2.68. The number of nitrogens with one attached hydrogen (secondary N) is 2. The van der Waals surface area contributed by atoms with E-state index < -0.39 is 0 Å². The van der Waals surface area contributed by atoms with Crippen LogP contribution in [0.3, 0.4) is 0 Å². The molecule has 2 saturated heterocycles. The van der Waals surface area contributed by atoms with Crippen LogP contribution in [0.15, 0.2) is 12.3 Å². The van der Waals surface area contributed by atoms with Gasteiger partial charge < -0.3 is 20.3 Å². The summed E-state index contributed by atoms with van der Waals surface area (Å²) in [6.45, 7) is 6.35. The molecule has 0 bridgehead atoms. The third-order valence-electron chi connectivity index (χ3n) is 5.25. The second kappa shape index (κ2) is 7.59. The lowest BCUT2D eigenvalue weighted by atomic mass is 9.96. The summed E-state index contributed by atoms with van der Waals surface area (Å²) >= 11 is 0. The van der Waals surface area contributed by atoms with Crippen LogP contribution in [0.2, 0.25) is 0 Å². The molecular weight excluding hydrogens is 334 g/mol. The molecule has 8 nitrogen and oxygen atoms in total. The van der Waals surface area contributed by atoms with Gasteiger partial charge in [0.15, 0.2) is 0 Å². The Labute approximate surface area is 152 Å². The third kappa shape index (κ3) is 3.81. The van der Waals surface area contributed by atoms with Gasteiger partial charge in [-0.1, -0.05) is 0 Å². The Bertz CT molecular complexity index is 689. The molecule has 1 aromatic heterocycles. The minimum Gasteiger partial charge on any atom is -0.379 e. The molecule has 2 amide bonds. The van der Waals surface area contributed by atoms with Crippen LogP contribution >= 0.6 is 0 Å². The number of piperidine rings is 1. The van der Waals surface area contributed by atoms with E-state index in [9.17, 15) is 9.59 Å². The number of hydrogen-bond acceptors (Lipinski definition) is 6. The van der Waals surface area contributed by atoms with Crippen molar-refractivity contribution < 1.29 is 14.3 Å². The van der Waals surface area contributed by atoms with Crippen LogP contribution in [-0.4, -0.2) is 79.1 Å². The fourth-order valence-electron chi connectivity index (χ4n) is 3.91. The van der Waals surface area contributed by atoms with Crippen molar-refractivity contribution in [2.24, 2.45) is 5.92 Å². The molecule has 3 aliphatic rings. The van der Waals surface area contributed by atoms with E-state index in [2.05, 4.69) is 20.5 Å². The normalized spacial score (nSPS) is 23.8. The second-order valence-electron chi connectivity index (χ2n) is 7.19. The monoisotopic (exact) mass is 359 g/mol. The van der Waals surface area contributed by atoms with Gasteiger partial charge in [0, 0.05) is 38.9 Å². The molecule has 0 aliphatic carbocycles. The fraction of sp³-hybridized carbons (Fsp3) is 0.611. The number of aromatic nitrogens is 1. The minimum atomic E-state index is -0.118. The number of carbonyl (C=O) groups is 2. The zero-order chi connectivity index (χ0) is 17.9. The standard InChI is InChI=1S/C18H25N5O3/c24-16-10-20-17-15(21-16)8-14(9-19-17)18(25)23-3-1-2-13(12-23)11-22-4-6-26-7-5-22/h8-9,13H,1-7,10-12H2,(H,19,20)(H,21,24). The number of anilines is 2. The van der Waals surface area contributed by atoms with Gasteiger partial charge >= 0.3 is 0 Å². The largest absolute Gasteiger partial charge is 0.379 e. The number of rotatable bonds is 3. The van der Waals surface area contributed by atoms with Gasteiger partial charge in [0.2, 0.25) is 5.91 Å². The van der Waals surface area contributed by atoms with E-state index in [-0.39, 0.29) is 18.4 Å². The number of pyridine rings is 1. The number of carbonyl (C=O) groups excluding carboxylic acids is 2. The summed E-state index contributed by atoms with van der Waals surface area (Å²) < 4.78 is 5.41. The zero-order valence-electron chi connectivity index (χ0n) is 14.9. The van der Waals surface area contributed by atoms with Crippen molar-refractivity contribution in [2.45, 2.75) is 12.8 Å². The van der Waals surface area contributed by atoms with Gasteiger partial charge in [0.25, 0.3) is 5.91 Å². The lowest BCUT2D eigenvalue weighted by molar-refractivity contribution is -0.114. The Balaban J connectivity index is 1.41. The van der Waals surface area contributed by atoms with Gasteiger partial charge in [-0.2, -0.15) is 0 Å². The molecular formula is C18H25N5O3. The molecule has 26 heavy (non-hydrogen) atoms. The highest BCUT2D eigenvalue weighted by molar-refractivity contribution is 6.02. The first-order valence-corrected chi connectivity index (χ1v) is 9.32. The van der Waals surface area contributed by atoms with Crippen molar-refractivity contribution in [3.8, 4) is 0 Å². The molecule has 4 rings (SSSR count). The van der Waals surface area contributed by atoms with Crippen molar-refractivity contribution in [3.05, 3.63) is 17.8 Å². The van der Waals surface area contributed by atoms with Gasteiger partial charge in [0.05, 0.1) is 31.0 Å². The topological polar surface area (TPSA) is 86.8 Å². The molecule has 8 heteroatoms. The SMILES string of the molecule is O=C1CNc2ncc(C(=O)N3CCCC(CN4CCOCC4)C3)cc2N1. The molecule has 0 aromatic carbocycles. The lowest BCUT2D eigenvalue weighted by Gasteiger charge is -2.36. The van der Waals surface area contributed by atoms with Crippen molar-refractivity contribution in [3.63, 3.8) is 0 Å². The summed E-state index contributed by atoms with van der Waals surface area (Å²) in [7, 11) is 0. The number of hydrogen-bond donors (Lipinski definition) is 2. The smallest absolute Gasteiger partial charge is 0.255 e. The third-order valence-corrected chi connectivity index (χ3v) is 5.25. The first-order chi connectivity index (χ1) is 12.7. The maximum atomic E-state index is 12.9. The van der Waals surface area contributed by atoms with Crippen LogP contribution in [0.25, 0.3) is 0 Å². The van der Waals surface area contributed by atoms with Gasteiger partial charge in [0.1, 0.15) is 5.82 Å². The highest BCUT2D eigenvalue weighted by atomic mass is 16.5. The first-order valence-electron chi connectivity index (χ1n) is 9.32. The second-order valence-corrected chi connectivity index (χ2v) is 7.19. The Hall–Kier alpha value is -2.19. The van der Waals surface area contributed by atoms with Crippen molar-refractivity contribution >= 4 is 23.3 Å². The Morgan fingerprint density at radius 3 is 3.00 bits per heavy atom. The minimum absolute atomic E-state index is 0.00759. The average molecular weight is 359 g/mol. The van der Waals surface area contributed by atoms with Crippen molar-refractivity contribution in [2.75, 3.05) is 63.1 Å². The summed E-state index contributed by atoms with van der Waals surface area (Å²) in [5.74, 6) is 0.988. The summed E-state index contributed by atoms with van der Waals surface area (Å²) in [6, 6.07) is 1.72. The molecule has 3 aliphatic heterocycles. The fourth-order valence-corrected chi connectivity index (χ4v) is 3.91. The number of fused-ring (bicyclic) bond motifs is 1. The van der Waals surface area contributed by atoms with E-state index in [0.717, 1.165) is 58.8 Å². The van der Waals surface area contributed by atoms with E-state index in [4.69, 9.17) is 4.74 Å². The molecule has 0 saturated carbocycles. The molecule has 1 unspecified atom stereocenters. The van der Waals surface area contributed by atoms with Gasteiger partial charge in [-0.25, -0.2) is 4.98 Å². The molecule has 0 spiro atoms. The highest BCUT2D eigenvalue weighted by Gasteiger charge is 2.27. The van der Waals surface area contributed by atoms with Gasteiger partial charge in [-0.05, 0) is 24.8 Å². The van der Waals surface area contributed by atoms with Crippen LogP contribution in [0.4, 0.5) is 11.5 Å². The Morgan fingerprint density at radius 2 is 2.15 bits per heavy atom. The molecule has 1 aromatic rings. The number of likely N-dealkylation sites (tertiary alicyclic amines) is 1. The quantitative estimate of drug-likeness (QED) is 0.823. The molecule has 2 N–H and O–H groups in total. The number of nitrogens with zero attached hydrogens (tertiary/aromatic N) is 3. The van der Waals surface area contributed by atoms with E-state index in [1.807, 2.05) is 4.90 Å². The summed E-state index contributed by atoms with van der Waals surface area (Å²) in [5.41, 5.74) is 1.11. The van der Waals surface area contributed by atoms with Crippen LogP contribution in [0, 0.1) is 5.92 Å². The van der Waals surface area contributed by atoms with Gasteiger partial charge in [-0.15, -0.1) is 0 Å². The lowest BCUT2D eigenvalue weighted by Crippen LogP contribution is -2.46. The van der Waals surface area contributed by atoms with Crippen molar-refractivity contribution in [1.29, 1.82) is 0 Å². The van der Waals surface area contributed by atoms with Gasteiger partial charge in [-0.3, -0.25) is 14.5 Å². The molecule has 140 valence electrons.